The van der Waals surface area contributed by atoms with E-state index in [1.807, 2.05) is 12.2 Å². The van der Waals surface area contributed by atoms with Crippen LogP contribution in [0.5, 0.6) is 0 Å². The zero-order valence-electron chi connectivity index (χ0n) is 5.69. The lowest BCUT2D eigenvalue weighted by Gasteiger charge is -2.21. The first-order valence-electron chi connectivity index (χ1n) is 3.36. The Hall–Kier alpha value is -0.830. The van der Waals surface area contributed by atoms with Crippen LogP contribution < -0.4 is 5.73 Å². The molecule has 0 aromatic heterocycles. The number of carbonyl (C=O) groups excluding carboxylic acids is 1. The van der Waals surface area contributed by atoms with Gasteiger partial charge in [-0.1, -0.05) is 12.2 Å². The summed E-state index contributed by atoms with van der Waals surface area (Å²) in [6.07, 6.45) is 5.57. The summed E-state index contributed by atoms with van der Waals surface area (Å²) in [6.45, 7) is 0.462. The maximum atomic E-state index is 9.92. The number of allylic oxidation sites excluding steroid dienone is 1. The van der Waals surface area contributed by atoms with Gasteiger partial charge in [-0.15, -0.1) is 0 Å². The van der Waals surface area contributed by atoms with Crippen LogP contribution >= 0.6 is 0 Å². The number of rotatable bonds is 2. The van der Waals surface area contributed by atoms with Crippen molar-refractivity contribution in [3.63, 3.8) is 0 Å². The summed E-state index contributed by atoms with van der Waals surface area (Å²) in [6, 6.07) is -0.112. The highest BCUT2D eigenvalue weighted by Crippen LogP contribution is 2.12. The van der Waals surface area contributed by atoms with Gasteiger partial charge in [0.1, 0.15) is 6.10 Å². The first-order chi connectivity index (χ1) is 4.84. The Morgan fingerprint density at radius 1 is 1.70 bits per heavy atom. The van der Waals surface area contributed by atoms with Crippen molar-refractivity contribution in [2.24, 2.45) is 5.73 Å². The fourth-order valence-electron chi connectivity index (χ4n) is 1.06. The van der Waals surface area contributed by atoms with Crippen molar-refractivity contribution in [2.75, 3.05) is 0 Å². The Morgan fingerprint density at radius 2 is 2.50 bits per heavy atom. The summed E-state index contributed by atoms with van der Waals surface area (Å²) in [4.78, 5) is 9.92. The highest BCUT2D eigenvalue weighted by molar-refractivity contribution is 5.38. The summed E-state index contributed by atoms with van der Waals surface area (Å²) in [5.74, 6) is 0. The van der Waals surface area contributed by atoms with Crippen molar-refractivity contribution in [1.29, 1.82) is 0 Å². The highest BCUT2D eigenvalue weighted by Gasteiger charge is 2.18. The molecule has 56 valence electrons. The minimum Gasteiger partial charge on any atom is -0.463 e. The maximum absolute atomic E-state index is 9.92. The normalized spacial score (nSPS) is 31.7. The van der Waals surface area contributed by atoms with Gasteiger partial charge < -0.3 is 10.5 Å². The van der Waals surface area contributed by atoms with Crippen LogP contribution in [0.15, 0.2) is 12.2 Å². The molecular formula is C7H11NO2. The second kappa shape index (κ2) is 3.37. The molecule has 3 heteroatoms. The molecule has 1 aliphatic rings. The van der Waals surface area contributed by atoms with E-state index in [0.29, 0.717) is 6.47 Å². The van der Waals surface area contributed by atoms with Gasteiger partial charge in [0.05, 0.1) is 6.04 Å². The summed E-state index contributed by atoms with van der Waals surface area (Å²) < 4.78 is 4.74. The van der Waals surface area contributed by atoms with Gasteiger partial charge in [0.25, 0.3) is 6.47 Å². The van der Waals surface area contributed by atoms with Crippen LogP contribution in [0.2, 0.25) is 0 Å². The first kappa shape index (κ1) is 7.28. The average molecular weight is 141 g/mol. The molecule has 0 saturated heterocycles. The average Bonchev–Trinajstić information content (AvgIpc) is 1.94. The van der Waals surface area contributed by atoms with Crippen molar-refractivity contribution in [1.82, 2.24) is 0 Å². The van der Waals surface area contributed by atoms with Crippen LogP contribution in [0.4, 0.5) is 0 Å². The summed E-state index contributed by atoms with van der Waals surface area (Å²) in [7, 11) is 0. The van der Waals surface area contributed by atoms with Crippen molar-refractivity contribution in [3.8, 4) is 0 Å². The molecular weight excluding hydrogens is 130 g/mol. The Morgan fingerprint density at radius 3 is 3.10 bits per heavy atom. The Bertz CT molecular complexity index is 145. The summed E-state index contributed by atoms with van der Waals surface area (Å²) in [5.41, 5.74) is 5.59. The molecule has 1 aliphatic carbocycles. The molecule has 0 aliphatic heterocycles. The fraction of sp³-hybridized carbons (Fsp3) is 0.571. The standard InChI is InChI=1S/C7H11NO2/c8-6-3-1-2-4-7(6)10-5-9/h1,3,5-7H,2,4,8H2. The zero-order chi connectivity index (χ0) is 7.40. The maximum Gasteiger partial charge on any atom is 0.293 e. The fourth-order valence-corrected chi connectivity index (χ4v) is 1.06. The second-order valence-electron chi connectivity index (χ2n) is 2.35. The summed E-state index contributed by atoms with van der Waals surface area (Å²) >= 11 is 0. The van der Waals surface area contributed by atoms with Crippen molar-refractivity contribution >= 4 is 6.47 Å². The van der Waals surface area contributed by atoms with Gasteiger partial charge in [0, 0.05) is 0 Å². The van der Waals surface area contributed by atoms with E-state index in [2.05, 4.69) is 0 Å². The minimum atomic E-state index is -0.112. The third kappa shape index (κ3) is 1.57. The quantitative estimate of drug-likeness (QED) is 0.441. The topological polar surface area (TPSA) is 52.3 Å². The Kier molecular flexibility index (Phi) is 2.45. The monoisotopic (exact) mass is 141 g/mol. The zero-order valence-corrected chi connectivity index (χ0v) is 5.69. The van der Waals surface area contributed by atoms with Gasteiger partial charge >= 0.3 is 0 Å². The molecule has 2 unspecified atom stereocenters. The molecule has 0 saturated carbocycles. The van der Waals surface area contributed by atoms with Crippen LogP contribution in [0.1, 0.15) is 12.8 Å². The third-order valence-electron chi connectivity index (χ3n) is 1.64. The highest BCUT2D eigenvalue weighted by atomic mass is 16.5. The van der Waals surface area contributed by atoms with E-state index in [1.54, 1.807) is 0 Å². The Labute approximate surface area is 59.8 Å². The molecule has 3 nitrogen and oxygen atoms in total. The largest absolute Gasteiger partial charge is 0.463 e. The Balaban J connectivity index is 2.43. The van der Waals surface area contributed by atoms with Gasteiger partial charge in [0.2, 0.25) is 0 Å². The molecule has 0 fully saturated rings. The van der Waals surface area contributed by atoms with E-state index < -0.39 is 0 Å². The molecule has 0 aromatic rings. The predicted molar refractivity (Wildman–Crippen MR) is 37.3 cm³/mol. The molecule has 2 atom stereocenters. The molecule has 0 bridgehead atoms. The number of hydrogen-bond acceptors (Lipinski definition) is 3. The van der Waals surface area contributed by atoms with Crippen LogP contribution in [0, 0.1) is 0 Å². The number of nitrogens with two attached hydrogens (primary N) is 1. The van der Waals surface area contributed by atoms with E-state index in [9.17, 15) is 4.79 Å². The molecule has 0 heterocycles. The number of hydrogen-bond donors (Lipinski definition) is 1. The van der Waals surface area contributed by atoms with E-state index in [1.165, 1.54) is 0 Å². The number of ether oxygens (including phenoxy) is 1. The minimum absolute atomic E-state index is 0.109. The lowest BCUT2D eigenvalue weighted by Crippen LogP contribution is -2.36. The van der Waals surface area contributed by atoms with Crippen LogP contribution in [0.25, 0.3) is 0 Å². The molecule has 10 heavy (non-hydrogen) atoms. The third-order valence-corrected chi connectivity index (χ3v) is 1.64. The second-order valence-corrected chi connectivity index (χ2v) is 2.35. The van der Waals surface area contributed by atoms with E-state index in [0.717, 1.165) is 12.8 Å². The number of carbonyl (C=O) groups is 1. The van der Waals surface area contributed by atoms with Gasteiger partial charge in [-0.05, 0) is 12.8 Å². The van der Waals surface area contributed by atoms with Crippen molar-refractivity contribution < 1.29 is 9.53 Å². The van der Waals surface area contributed by atoms with Crippen molar-refractivity contribution in [2.45, 2.75) is 25.0 Å². The molecule has 2 N–H and O–H groups in total. The molecule has 0 aromatic carbocycles. The van der Waals surface area contributed by atoms with Crippen LogP contribution in [-0.4, -0.2) is 18.6 Å². The molecule has 0 amide bonds. The van der Waals surface area contributed by atoms with E-state index in [4.69, 9.17) is 10.5 Å². The van der Waals surface area contributed by atoms with Crippen LogP contribution in [-0.2, 0) is 9.53 Å². The lowest BCUT2D eigenvalue weighted by atomic mass is 10.0. The van der Waals surface area contributed by atoms with Gasteiger partial charge in [-0.25, -0.2) is 0 Å². The lowest BCUT2D eigenvalue weighted by molar-refractivity contribution is -0.134. The molecule has 0 spiro atoms. The molecule has 1 rings (SSSR count). The van der Waals surface area contributed by atoms with E-state index >= 15 is 0 Å². The first-order valence-corrected chi connectivity index (χ1v) is 3.36. The molecule has 0 radical (unpaired) electrons. The van der Waals surface area contributed by atoms with Crippen molar-refractivity contribution in [3.05, 3.63) is 12.2 Å². The van der Waals surface area contributed by atoms with Gasteiger partial charge in [-0.3, -0.25) is 4.79 Å². The van der Waals surface area contributed by atoms with E-state index in [-0.39, 0.29) is 12.1 Å². The SMILES string of the molecule is NC1C=CCCC1OC=O. The van der Waals surface area contributed by atoms with Gasteiger partial charge in [-0.2, -0.15) is 0 Å². The van der Waals surface area contributed by atoms with Crippen LogP contribution in [0.3, 0.4) is 0 Å². The van der Waals surface area contributed by atoms with Gasteiger partial charge in [0.15, 0.2) is 0 Å². The smallest absolute Gasteiger partial charge is 0.293 e. The predicted octanol–water partition coefficient (Wildman–Crippen LogP) is 0.205. The summed E-state index contributed by atoms with van der Waals surface area (Å²) in [5, 5.41) is 0.